The zero-order chi connectivity index (χ0) is 10.8. The van der Waals surface area contributed by atoms with Crippen molar-refractivity contribution >= 4 is 23.1 Å². The maximum Gasteiger partial charge on any atom is 0.268 e. The zero-order valence-corrected chi connectivity index (χ0v) is 8.49. The number of anilines is 1. The molecule has 0 aliphatic carbocycles. The van der Waals surface area contributed by atoms with Crippen molar-refractivity contribution in [2.24, 2.45) is 5.73 Å². The number of aromatic nitrogens is 2. The van der Waals surface area contributed by atoms with Crippen molar-refractivity contribution in [1.29, 1.82) is 0 Å². The van der Waals surface area contributed by atoms with E-state index in [1.165, 1.54) is 11.3 Å². The lowest BCUT2D eigenvalue weighted by atomic mass is 10.3. The van der Waals surface area contributed by atoms with E-state index in [0.717, 1.165) is 5.56 Å². The third-order valence-corrected chi connectivity index (χ3v) is 2.68. The Morgan fingerprint density at radius 3 is 2.87 bits per heavy atom. The van der Waals surface area contributed by atoms with Crippen LogP contribution in [-0.4, -0.2) is 15.9 Å². The third kappa shape index (κ3) is 1.94. The van der Waals surface area contributed by atoms with Gasteiger partial charge in [0.25, 0.3) is 5.91 Å². The zero-order valence-electron chi connectivity index (χ0n) is 7.68. The quantitative estimate of drug-likeness (QED) is 0.785. The second kappa shape index (κ2) is 3.66. The number of hydrogen-bond acceptors (Lipinski definition) is 5. The number of nitrogen functional groups attached to an aromatic ring is 1. The topological polar surface area (TPSA) is 94.9 Å². The van der Waals surface area contributed by atoms with E-state index in [1.807, 2.05) is 0 Å². The average Bonchev–Trinajstić information content (AvgIpc) is 2.66. The lowest BCUT2D eigenvalue weighted by Crippen LogP contribution is -2.10. The summed E-state index contributed by atoms with van der Waals surface area (Å²) in [4.78, 5) is 18.8. The van der Waals surface area contributed by atoms with Crippen LogP contribution < -0.4 is 11.5 Å². The standard InChI is InChI=1S/C9H8N4OS/c10-7-3-5(1-2-12-7)9-13-6(4-15-9)8(11)14/h1-4H,(H2,10,12)(H2,11,14). The molecule has 0 atom stereocenters. The number of carbonyl (C=O) groups excluding carboxylic acids is 1. The fourth-order valence-electron chi connectivity index (χ4n) is 1.10. The molecule has 6 heteroatoms. The van der Waals surface area contributed by atoms with Crippen molar-refractivity contribution in [3.8, 4) is 10.6 Å². The number of thiazole rings is 1. The van der Waals surface area contributed by atoms with Gasteiger partial charge >= 0.3 is 0 Å². The molecule has 4 N–H and O–H groups in total. The molecule has 76 valence electrons. The Kier molecular flexibility index (Phi) is 2.34. The highest BCUT2D eigenvalue weighted by molar-refractivity contribution is 7.13. The van der Waals surface area contributed by atoms with E-state index in [-0.39, 0.29) is 5.69 Å². The number of pyridine rings is 1. The van der Waals surface area contributed by atoms with E-state index >= 15 is 0 Å². The minimum Gasteiger partial charge on any atom is -0.384 e. The van der Waals surface area contributed by atoms with Crippen molar-refractivity contribution < 1.29 is 4.79 Å². The summed E-state index contributed by atoms with van der Waals surface area (Å²) in [7, 11) is 0. The molecular weight excluding hydrogens is 212 g/mol. The summed E-state index contributed by atoms with van der Waals surface area (Å²) in [5.41, 5.74) is 11.7. The highest BCUT2D eigenvalue weighted by Crippen LogP contribution is 2.23. The predicted molar refractivity (Wildman–Crippen MR) is 58.3 cm³/mol. The van der Waals surface area contributed by atoms with Crippen LogP contribution in [0.3, 0.4) is 0 Å². The van der Waals surface area contributed by atoms with Crippen LogP contribution in [0, 0.1) is 0 Å². The number of primary amides is 1. The van der Waals surface area contributed by atoms with E-state index < -0.39 is 5.91 Å². The predicted octanol–water partition coefficient (Wildman–Crippen LogP) is 0.886. The van der Waals surface area contributed by atoms with Gasteiger partial charge in [-0.05, 0) is 12.1 Å². The van der Waals surface area contributed by atoms with Gasteiger partial charge < -0.3 is 11.5 Å². The average molecular weight is 220 g/mol. The summed E-state index contributed by atoms with van der Waals surface area (Å²) >= 11 is 1.34. The molecule has 0 fully saturated rings. The number of amides is 1. The van der Waals surface area contributed by atoms with Gasteiger partial charge in [0.05, 0.1) is 0 Å². The maximum absolute atomic E-state index is 10.8. The Morgan fingerprint density at radius 1 is 1.47 bits per heavy atom. The molecule has 2 heterocycles. The SMILES string of the molecule is NC(=O)c1csc(-c2ccnc(N)c2)n1. The van der Waals surface area contributed by atoms with Crippen LogP contribution in [0.1, 0.15) is 10.5 Å². The first kappa shape index (κ1) is 9.60. The fraction of sp³-hybridized carbons (Fsp3) is 0. The van der Waals surface area contributed by atoms with Crippen LogP contribution in [-0.2, 0) is 0 Å². The summed E-state index contributed by atoms with van der Waals surface area (Å²) < 4.78 is 0. The van der Waals surface area contributed by atoms with Crippen molar-refractivity contribution in [3.63, 3.8) is 0 Å². The monoisotopic (exact) mass is 220 g/mol. The van der Waals surface area contributed by atoms with Crippen molar-refractivity contribution in [3.05, 3.63) is 29.4 Å². The second-order valence-corrected chi connectivity index (χ2v) is 3.73. The molecule has 0 saturated carbocycles. The molecule has 15 heavy (non-hydrogen) atoms. The summed E-state index contributed by atoms with van der Waals surface area (Å²) in [5.74, 6) is -0.108. The number of nitrogens with two attached hydrogens (primary N) is 2. The Bertz CT molecular complexity index is 508. The molecule has 0 aliphatic rings. The van der Waals surface area contributed by atoms with Gasteiger partial charge in [-0.1, -0.05) is 0 Å². The Labute approximate surface area is 89.8 Å². The Balaban J connectivity index is 2.41. The number of rotatable bonds is 2. The lowest BCUT2D eigenvalue weighted by Gasteiger charge is -1.96. The van der Waals surface area contributed by atoms with Gasteiger partial charge in [-0.2, -0.15) is 0 Å². The molecular formula is C9H8N4OS. The molecule has 0 aromatic carbocycles. The minimum absolute atomic E-state index is 0.269. The van der Waals surface area contributed by atoms with Gasteiger partial charge in [-0.15, -0.1) is 11.3 Å². The fourth-order valence-corrected chi connectivity index (χ4v) is 1.91. The number of carbonyl (C=O) groups is 1. The first-order chi connectivity index (χ1) is 7.16. The number of hydrogen-bond donors (Lipinski definition) is 2. The molecule has 5 nitrogen and oxygen atoms in total. The molecule has 0 unspecified atom stereocenters. The normalized spacial score (nSPS) is 10.1. The largest absolute Gasteiger partial charge is 0.384 e. The highest BCUT2D eigenvalue weighted by atomic mass is 32.1. The van der Waals surface area contributed by atoms with Crippen LogP contribution in [0.4, 0.5) is 5.82 Å². The molecule has 0 radical (unpaired) electrons. The van der Waals surface area contributed by atoms with E-state index in [2.05, 4.69) is 9.97 Å². The molecule has 0 aliphatic heterocycles. The van der Waals surface area contributed by atoms with Crippen molar-refractivity contribution in [1.82, 2.24) is 9.97 Å². The highest BCUT2D eigenvalue weighted by Gasteiger charge is 2.08. The molecule has 0 saturated heterocycles. The minimum atomic E-state index is -0.528. The van der Waals surface area contributed by atoms with Crippen LogP contribution >= 0.6 is 11.3 Å². The van der Waals surface area contributed by atoms with E-state index in [0.29, 0.717) is 10.8 Å². The summed E-state index contributed by atoms with van der Waals surface area (Å²) in [6.07, 6.45) is 1.59. The van der Waals surface area contributed by atoms with Crippen molar-refractivity contribution in [2.45, 2.75) is 0 Å². The van der Waals surface area contributed by atoms with Crippen LogP contribution in [0.15, 0.2) is 23.7 Å². The molecule has 2 rings (SSSR count). The molecule has 0 spiro atoms. The summed E-state index contributed by atoms with van der Waals surface area (Å²) in [5, 5.41) is 2.33. The third-order valence-electron chi connectivity index (χ3n) is 1.78. The number of nitrogens with zero attached hydrogens (tertiary/aromatic N) is 2. The van der Waals surface area contributed by atoms with Gasteiger partial charge in [0.15, 0.2) is 0 Å². The molecule has 2 aromatic rings. The van der Waals surface area contributed by atoms with E-state index in [4.69, 9.17) is 11.5 Å². The lowest BCUT2D eigenvalue weighted by molar-refractivity contribution is 0.0996. The summed E-state index contributed by atoms with van der Waals surface area (Å²) in [6.45, 7) is 0. The molecule has 2 aromatic heterocycles. The maximum atomic E-state index is 10.8. The van der Waals surface area contributed by atoms with Gasteiger partial charge in [-0.3, -0.25) is 4.79 Å². The first-order valence-corrected chi connectivity index (χ1v) is 5.02. The van der Waals surface area contributed by atoms with Crippen LogP contribution in [0.5, 0.6) is 0 Å². The first-order valence-electron chi connectivity index (χ1n) is 4.14. The smallest absolute Gasteiger partial charge is 0.268 e. The van der Waals surface area contributed by atoms with Gasteiger partial charge in [0, 0.05) is 17.1 Å². The van der Waals surface area contributed by atoms with E-state index in [9.17, 15) is 4.79 Å². The van der Waals surface area contributed by atoms with Crippen LogP contribution in [0.2, 0.25) is 0 Å². The van der Waals surface area contributed by atoms with Gasteiger partial charge in [-0.25, -0.2) is 9.97 Å². The van der Waals surface area contributed by atoms with Crippen LogP contribution in [0.25, 0.3) is 10.6 Å². The molecule has 1 amide bonds. The van der Waals surface area contributed by atoms with Crippen molar-refractivity contribution in [2.75, 3.05) is 5.73 Å². The van der Waals surface area contributed by atoms with Gasteiger partial charge in [0.2, 0.25) is 0 Å². The van der Waals surface area contributed by atoms with Gasteiger partial charge in [0.1, 0.15) is 16.5 Å². The van der Waals surface area contributed by atoms with E-state index in [1.54, 1.807) is 23.7 Å². The summed E-state index contributed by atoms with van der Waals surface area (Å²) in [6, 6.07) is 3.48. The Morgan fingerprint density at radius 2 is 2.27 bits per heavy atom. The molecule has 0 bridgehead atoms. The Hall–Kier alpha value is -1.95. The second-order valence-electron chi connectivity index (χ2n) is 2.87.